The van der Waals surface area contributed by atoms with Crippen LogP contribution in [0.25, 0.3) is 0 Å². The molecule has 1 aromatic rings. The molecule has 0 aliphatic carbocycles. The van der Waals surface area contributed by atoms with Gasteiger partial charge in [-0.15, -0.1) is 0 Å². The molecule has 1 amide bonds. The molecular weight excluding hydrogens is 408 g/mol. The van der Waals surface area contributed by atoms with Gasteiger partial charge in [-0.1, -0.05) is 24.4 Å². The Kier molecular flexibility index (Phi) is 6.71. The van der Waals surface area contributed by atoms with E-state index in [0.717, 1.165) is 0 Å². The summed E-state index contributed by atoms with van der Waals surface area (Å²) in [5.74, 6) is 1.22. The Labute approximate surface area is 179 Å². The Morgan fingerprint density at radius 3 is 2.50 bits per heavy atom. The maximum atomic E-state index is 12.9. The number of carbonyl (C=O) groups excluding carboxylic acids is 2. The quantitative estimate of drug-likeness (QED) is 0.483. The number of hydrogen-bond donors (Lipinski definition) is 0. The van der Waals surface area contributed by atoms with Gasteiger partial charge in [-0.2, -0.15) is 0 Å². The van der Waals surface area contributed by atoms with Crippen molar-refractivity contribution in [3.63, 3.8) is 0 Å². The minimum atomic E-state index is -0.733. The third-order valence-corrected chi connectivity index (χ3v) is 5.72. The zero-order valence-corrected chi connectivity index (χ0v) is 18.2. The molecule has 0 spiro atoms. The molecule has 30 heavy (non-hydrogen) atoms. The minimum absolute atomic E-state index is 0.0524. The van der Waals surface area contributed by atoms with Crippen molar-refractivity contribution in [2.45, 2.75) is 19.4 Å². The number of amides is 1. The maximum Gasteiger partial charge on any atom is 0.338 e. The van der Waals surface area contributed by atoms with E-state index < -0.39 is 12.0 Å². The number of esters is 1. The molecule has 0 radical (unpaired) electrons. The summed E-state index contributed by atoms with van der Waals surface area (Å²) in [6.45, 7) is 5.37. The number of thioether (sulfide) groups is 1. The van der Waals surface area contributed by atoms with E-state index in [1.54, 1.807) is 24.0 Å². The highest BCUT2D eigenvalue weighted by Crippen LogP contribution is 2.45. The second kappa shape index (κ2) is 9.25. The van der Waals surface area contributed by atoms with Crippen LogP contribution < -0.4 is 14.2 Å². The highest BCUT2D eigenvalue weighted by molar-refractivity contribution is 8.14. The minimum Gasteiger partial charge on any atom is -0.493 e. The van der Waals surface area contributed by atoms with Crippen molar-refractivity contribution in [3.05, 3.63) is 41.6 Å². The monoisotopic (exact) mass is 432 g/mol. The first-order valence-electron chi connectivity index (χ1n) is 9.29. The standard InChI is InChI=1S/C21H24N2O6S/c1-6-8-29-20(25)17-12(2)22-21-23(16(24)7-9-30-21)18(17)13-10-14(26-3)19(28-5)15(11-13)27-4/h6,10-11,18H,1,7-9H2,2-5H3/t18-/m1/s1. The molecule has 1 atom stereocenters. The van der Waals surface area contributed by atoms with Crippen molar-refractivity contribution in [3.8, 4) is 17.2 Å². The van der Waals surface area contributed by atoms with E-state index in [4.69, 9.17) is 18.9 Å². The third kappa shape index (κ3) is 3.89. The summed E-state index contributed by atoms with van der Waals surface area (Å²) in [6.07, 6.45) is 1.83. The van der Waals surface area contributed by atoms with Gasteiger partial charge < -0.3 is 18.9 Å². The molecule has 8 nitrogen and oxygen atoms in total. The summed E-state index contributed by atoms with van der Waals surface area (Å²) in [5.41, 5.74) is 1.40. The van der Waals surface area contributed by atoms with Gasteiger partial charge in [-0.05, 0) is 24.6 Å². The van der Waals surface area contributed by atoms with Gasteiger partial charge in [0.1, 0.15) is 6.61 Å². The molecule has 2 heterocycles. The fraction of sp³-hybridized carbons (Fsp3) is 0.381. The molecule has 0 unspecified atom stereocenters. The summed E-state index contributed by atoms with van der Waals surface area (Å²) < 4.78 is 21.7. The van der Waals surface area contributed by atoms with E-state index in [2.05, 4.69) is 11.6 Å². The van der Waals surface area contributed by atoms with Gasteiger partial charge in [0.2, 0.25) is 11.7 Å². The zero-order valence-electron chi connectivity index (χ0n) is 17.4. The van der Waals surface area contributed by atoms with Crippen LogP contribution in [0.15, 0.2) is 41.1 Å². The maximum absolute atomic E-state index is 12.9. The average molecular weight is 432 g/mol. The van der Waals surface area contributed by atoms with Crippen molar-refractivity contribution >= 4 is 28.8 Å². The second-order valence-corrected chi connectivity index (χ2v) is 7.57. The predicted octanol–water partition coefficient (Wildman–Crippen LogP) is 3.09. The first-order valence-corrected chi connectivity index (χ1v) is 10.3. The fourth-order valence-corrected chi connectivity index (χ4v) is 4.45. The Morgan fingerprint density at radius 1 is 1.27 bits per heavy atom. The first kappa shape index (κ1) is 21.8. The molecule has 1 saturated heterocycles. The number of fused-ring (bicyclic) bond motifs is 1. The number of benzene rings is 1. The van der Waals surface area contributed by atoms with Crippen LogP contribution in [0, 0.1) is 0 Å². The van der Waals surface area contributed by atoms with E-state index in [1.807, 2.05) is 0 Å². The number of aliphatic imine (C=N–C) groups is 1. The number of allylic oxidation sites excluding steroid dienone is 1. The number of carbonyl (C=O) groups is 2. The van der Waals surface area contributed by atoms with Gasteiger partial charge in [0.05, 0.1) is 38.6 Å². The average Bonchev–Trinajstić information content (AvgIpc) is 2.75. The normalized spacial score (nSPS) is 18.4. The Balaban J connectivity index is 2.21. The number of hydrogen-bond acceptors (Lipinski definition) is 8. The summed E-state index contributed by atoms with van der Waals surface area (Å²) in [6, 6.07) is 2.73. The molecule has 2 aliphatic rings. The lowest BCUT2D eigenvalue weighted by molar-refractivity contribution is -0.139. The molecule has 2 aliphatic heterocycles. The molecule has 0 N–H and O–H groups in total. The largest absolute Gasteiger partial charge is 0.493 e. The lowest BCUT2D eigenvalue weighted by atomic mass is 9.93. The van der Waals surface area contributed by atoms with Crippen molar-refractivity contribution in [2.75, 3.05) is 33.7 Å². The molecule has 160 valence electrons. The SMILES string of the molecule is C=CCOC(=O)C1=C(C)N=C2SCCC(=O)N2[C@@H]1c1cc(OC)c(OC)c(OC)c1. The first-order chi connectivity index (χ1) is 14.5. The van der Waals surface area contributed by atoms with Crippen molar-refractivity contribution in [2.24, 2.45) is 4.99 Å². The van der Waals surface area contributed by atoms with Crippen LogP contribution in [0.3, 0.4) is 0 Å². The third-order valence-electron chi connectivity index (χ3n) is 4.76. The van der Waals surface area contributed by atoms with E-state index in [1.165, 1.54) is 39.2 Å². The lowest BCUT2D eigenvalue weighted by Crippen LogP contribution is -2.45. The van der Waals surface area contributed by atoms with Crippen LogP contribution in [-0.2, 0) is 14.3 Å². The topological polar surface area (TPSA) is 86.7 Å². The van der Waals surface area contributed by atoms with Crippen molar-refractivity contribution in [1.29, 1.82) is 0 Å². The van der Waals surface area contributed by atoms with Crippen LogP contribution in [0.2, 0.25) is 0 Å². The van der Waals surface area contributed by atoms with E-state index in [0.29, 0.717) is 45.9 Å². The van der Waals surface area contributed by atoms with E-state index >= 15 is 0 Å². The molecule has 9 heteroatoms. The predicted molar refractivity (Wildman–Crippen MR) is 114 cm³/mol. The van der Waals surface area contributed by atoms with Crippen molar-refractivity contribution in [1.82, 2.24) is 4.90 Å². The number of methoxy groups -OCH3 is 3. The van der Waals surface area contributed by atoms with Gasteiger partial charge in [-0.3, -0.25) is 9.69 Å². The summed E-state index contributed by atoms with van der Waals surface area (Å²) >= 11 is 1.48. The number of rotatable bonds is 7. The summed E-state index contributed by atoms with van der Waals surface area (Å²) in [7, 11) is 4.53. The molecule has 0 saturated carbocycles. The van der Waals surface area contributed by atoms with Crippen LogP contribution in [-0.4, -0.2) is 55.6 Å². The lowest BCUT2D eigenvalue weighted by Gasteiger charge is -2.39. The van der Waals surface area contributed by atoms with Crippen LogP contribution >= 0.6 is 11.8 Å². The zero-order chi connectivity index (χ0) is 21.8. The Bertz CT molecular complexity index is 914. The number of ether oxygens (including phenoxy) is 4. The Hall–Kier alpha value is -2.94. The van der Waals surface area contributed by atoms with Gasteiger partial charge in [-0.25, -0.2) is 9.79 Å². The highest BCUT2D eigenvalue weighted by Gasteiger charge is 2.42. The van der Waals surface area contributed by atoms with Crippen LogP contribution in [0.4, 0.5) is 0 Å². The number of nitrogens with zero attached hydrogens (tertiary/aromatic N) is 2. The van der Waals surface area contributed by atoms with Crippen LogP contribution in [0.5, 0.6) is 17.2 Å². The van der Waals surface area contributed by atoms with Crippen molar-refractivity contribution < 1.29 is 28.5 Å². The fourth-order valence-electron chi connectivity index (χ4n) is 3.44. The molecule has 0 bridgehead atoms. The summed E-state index contributed by atoms with van der Waals surface area (Å²) in [4.78, 5) is 31.9. The molecule has 3 rings (SSSR count). The highest BCUT2D eigenvalue weighted by atomic mass is 32.2. The molecular formula is C21H24N2O6S. The molecule has 1 aromatic carbocycles. The van der Waals surface area contributed by atoms with Gasteiger partial charge in [0.25, 0.3) is 0 Å². The van der Waals surface area contributed by atoms with Gasteiger partial charge in [0.15, 0.2) is 16.7 Å². The second-order valence-electron chi connectivity index (χ2n) is 6.50. The molecule has 0 aromatic heterocycles. The summed E-state index contributed by atoms with van der Waals surface area (Å²) in [5, 5.41) is 0.558. The van der Waals surface area contributed by atoms with Crippen LogP contribution in [0.1, 0.15) is 24.9 Å². The van der Waals surface area contributed by atoms with E-state index in [-0.39, 0.29) is 18.1 Å². The van der Waals surface area contributed by atoms with Gasteiger partial charge in [0, 0.05) is 12.2 Å². The number of amidine groups is 1. The smallest absolute Gasteiger partial charge is 0.338 e. The van der Waals surface area contributed by atoms with E-state index in [9.17, 15) is 9.59 Å². The van der Waals surface area contributed by atoms with Gasteiger partial charge >= 0.3 is 5.97 Å². The Morgan fingerprint density at radius 2 is 1.93 bits per heavy atom. The molecule has 1 fully saturated rings.